The third-order valence-corrected chi connectivity index (χ3v) is 8.18. The van der Waals surface area contributed by atoms with Crippen molar-refractivity contribution in [1.82, 2.24) is 15.0 Å². The molecule has 0 amide bonds. The van der Waals surface area contributed by atoms with E-state index >= 15 is 0 Å². The van der Waals surface area contributed by atoms with Crippen molar-refractivity contribution >= 4 is 11.7 Å². The van der Waals surface area contributed by atoms with E-state index in [4.69, 9.17) is 9.57 Å². The van der Waals surface area contributed by atoms with E-state index in [-0.39, 0.29) is 55.3 Å². The van der Waals surface area contributed by atoms with Crippen LogP contribution in [0.1, 0.15) is 56.6 Å². The van der Waals surface area contributed by atoms with Crippen molar-refractivity contribution in [1.29, 1.82) is 0 Å². The number of carboxylic acids is 1. The van der Waals surface area contributed by atoms with Crippen LogP contribution in [0, 0.1) is 24.5 Å². The zero-order valence-corrected chi connectivity index (χ0v) is 21.6. The van der Waals surface area contributed by atoms with Crippen LogP contribution in [0.4, 0.5) is 17.6 Å². The lowest BCUT2D eigenvalue weighted by Gasteiger charge is -2.44. The number of aliphatic carboxylic acids is 1. The van der Waals surface area contributed by atoms with Gasteiger partial charge >= 0.3 is 5.97 Å². The van der Waals surface area contributed by atoms with Crippen molar-refractivity contribution in [3.05, 3.63) is 35.5 Å². The van der Waals surface area contributed by atoms with Gasteiger partial charge in [-0.05, 0) is 31.4 Å². The van der Waals surface area contributed by atoms with Crippen LogP contribution < -0.4 is 0 Å². The van der Waals surface area contributed by atoms with Gasteiger partial charge in [-0.25, -0.2) is 22.2 Å². The molecule has 1 aliphatic carbocycles. The molecule has 1 saturated heterocycles. The SMILES string of the molecule is Cc1ccc(-c2cn([C@@H]3[C@@H](O)[C@@H](CO)O[C@H](CC4=NOC5(CCC(F)(F)CC5)C4)[C@@H]3CC(=O)O)nn2)c(F)c1F. The van der Waals surface area contributed by atoms with Gasteiger partial charge in [0.2, 0.25) is 5.92 Å². The highest BCUT2D eigenvalue weighted by atomic mass is 19.3. The molecule has 0 bridgehead atoms. The summed E-state index contributed by atoms with van der Waals surface area (Å²) in [7, 11) is 0. The second kappa shape index (κ2) is 10.7. The van der Waals surface area contributed by atoms with Crippen LogP contribution in [0.5, 0.6) is 0 Å². The summed E-state index contributed by atoms with van der Waals surface area (Å²) in [5, 5.41) is 42.7. The van der Waals surface area contributed by atoms with Crippen molar-refractivity contribution in [3.8, 4) is 11.3 Å². The zero-order chi connectivity index (χ0) is 28.8. The molecule has 2 aliphatic heterocycles. The number of aromatic nitrogens is 3. The van der Waals surface area contributed by atoms with Crippen LogP contribution in [0.15, 0.2) is 23.5 Å². The molecule has 0 radical (unpaired) electrons. The minimum absolute atomic E-state index is 0.0362. The summed E-state index contributed by atoms with van der Waals surface area (Å²) in [5.41, 5.74) is -0.454. The van der Waals surface area contributed by atoms with E-state index in [2.05, 4.69) is 15.5 Å². The lowest BCUT2D eigenvalue weighted by Crippen LogP contribution is -2.54. The molecule has 2 aromatic rings. The number of carbonyl (C=O) groups is 1. The van der Waals surface area contributed by atoms with Gasteiger partial charge in [0.25, 0.3) is 0 Å². The fourth-order valence-corrected chi connectivity index (χ4v) is 5.92. The normalized spacial score (nSPS) is 29.3. The van der Waals surface area contributed by atoms with Crippen LogP contribution in [0.2, 0.25) is 0 Å². The van der Waals surface area contributed by atoms with Gasteiger partial charge in [0.05, 0.1) is 37.1 Å². The summed E-state index contributed by atoms with van der Waals surface area (Å²) in [5.74, 6) is -7.03. The van der Waals surface area contributed by atoms with Gasteiger partial charge in [-0.3, -0.25) is 4.79 Å². The number of halogens is 4. The van der Waals surface area contributed by atoms with Gasteiger partial charge in [-0.15, -0.1) is 5.10 Å². The van der Waals surface area contributed by atoms with Crippen molar-refractivity contribution < 1.29 is 47.3 Å². The highest BCUT2D eigenvalue weighted by molar-refractivity contribution is 5.86. The Labute approximate surface area is 226 Å². The second-order valence-corrected chi connectivity index (χ2v) is 10.9. The van der Waals surface area contributed by atoms with E-state index in [1.165, 1.54) is 29.9 Å². The Bertz CT molecular complexity index is 1290. The van der Waals surface area contributed by atoms with E-state index in [9.17, 15) is 37.7 Å². The number of aliphatic hydroxyl groups is 2. The van der Waals surface area contributed by atoms with Gasteiger partial charge < -0.3 is 24.9 Å². The topological polar surface area (TPSA) is 139 Å². The Kier molecular flexibility index (Phi) is 7.61. The summed E-state index contributed by atoms with van der Waals surface area (Å²) < 4.78 is 63.3. The fraction of sp³-hybridized carbons (Fsp3) is 0.615. The molecule has 5 rings (SSSR count). The lowest BCUT2D eigenvalue weighted by molar-refractivity contribution is -0.186. The van der Waals surface area contributed by atoms with E-state index in [0.717, 1.165) is 0 Å². The fourth-order valence-electron chi connectivity index (χ4n) is 5.92. The maximum absolute atomic E-state index is 14.6. The molecular formula is C26H30F4N4O6. The Balaban J connectivity index is 1.41. The Morgan fingerprint density at radius 2 is 1.88 bits per heavy atom. The summed E-state index contributed by atoms with van der Waals surface area (Å²) >= 11 is 0. The monoisotopic (exact) mass is 570 g/mol. The summed E-state index contributed by atoms with van der Waals surface area (Å²) in [4.78, 5) is 17.5. The van der Waals surface area contributed by atoms with Crippen LogP contribution in [-0.2, 0) is 14.4 Å². The Morgan fingerprint density at radius 1 is 1.15 bits per heavy atom. The molecule has 2 fully saturated rings. The maximum Gasteiger partial charge on any atom is 0.303 e. The number of oxime groups is 1. The third kappa shape index (κ3) is 5.44. The third-order valence-electron chi connectivity index (χ3n) is 8.18. The standard InChI is InChI=1S/C26H30F4N4O6/c1-13-2-3-15(22(28)21(13)27)17-11-34(33-31-17)23-16(9-20(36)37)18(39-19(12-35)24(23)38)8-14-10-25(40-32-14)4-6-26(29,30)7-5-25/h2-3,11,16,18-19,23-24,35,38H,4-10,12H2,1H3,(H,36,37)/t16-,18+,19+,23-,24-/m0/s1. The molecular weight excluding hydrogens is 540 g/mol. The number of alkyl halides is 2. The number of aryl methyl sites for hydroxylation is 1. The van der Waals surface area contributed by atoms with Gasteiger partial charge in [-0.1, -0.05) is 16.4 Å². The number of hydrogen-bond donors (Lipinski definition) is 3. The largest absolute Gasteiger partial charge is 0.481 e. The first-order chi connectivity index (χ1) is 18.9. The van der Waals surface area contributed by atoms with Crippen molar-refractivity contribution in [3.63, 3.8) is 0 Å². The molecule has 1 aromatic carbocycles. The molecule has 1 spiro atoms. The van der Waals surface area contributed by atoms with Gasteiger partial charge in [-0.2, -0.15) is 0 Å². The van der Waals surface area contributed by atoms with Gasteiger partial charge in [0.15, 0.2) is 11.6 Å². The maximum atomic E-state index is 14.6. The first-order valence-corrected chi connectivity index (χ1v) is 13.1. The molecule has 14 heteroatoms. The molecule has 40 heavy (non-hydrogen) atoms. The molecule has 10 nitrogen and oxygen atoms in total. The Hall–Kier alpha value is -3.10. The number of benzene rings is 1. The first-order valence-electron chi connectivity index (χ1n) is 13.1. The number of nitrogens with zero attached hydrogens (tertiary/aromatic N) is 4. The summed E-state index contributed by atoms with van der Waals surface area (Å²) in [6.07, 6.45) is -2.70. The number of ether oxygens (including phenoxy) is 1. The molecule has 3 heterocycles. The molecule has 1 saturated carbocycles. The highest BCUT2D eigenvalue weighted by Gasteiger charge is 2.51. The molecule has 3 aliphatic rings. The van der Waals surface area contributed by atoms with Crippen molar-refractivity contribution in [2.45, 2.75) is 87.7 Å². The molecule has 218 valence electrons. The number of aliphatic hydroxyl groups excluding tert-OH is 2. The molecule has 0 unspecified atom stereocenters. The van der Waals surface area contributed by atoms with E-state index < -0.39 is 72.4 Å². The average molecular weight is 571 g/mol. The smallest absolute Gasteiger partial charge is 0.303 e. The predicted octanol–water partition coefficient (Wildman–Crippen LogP) is 3.40. The molecule has 5 atom stereocenters. The average Bonchev–Trinajstić information content (AvgIpc) is 3.54. The highest BCUT2D eigenvalue weighted by Crippen LogP contribution is 2.46. The van der Waals surface area contributed by atoms with Gasteiger partial charge in [0, 0.05) is 37.2 Å². The van der Waals surface area contributed by atoms with Crippen molar-refractivity contribution in [2.75, 3.05) is 6.61 Å². The molecule has 3 N–H and O–H groups in total. The zero-order valence-electron chi connectivity index (χ0n) is 21.6. The van der Waals surface area contributed by atoms with Crippen LogP contribution >= 0.6 is 0 Å². The Morgan fingerprint density at radius 3 is 2.55 bits per heavy atom. The second-order valence-electron chi connectivity index (χ2n) is 10.9. The summed E-state index contributed by atoms with van der Waals surface area (Å²) in [6.45, 7) is 0.809. The van der Waals surface area contributed by atoms with Crippen LogP contribution in [-0.4, -0.2) is 78.4 Å². The quantitative estimate of drug-likeness (QED) is 0.431. The minimum atomic E-state index is -2.75. The van der Waals surface area contributed by atoms with E-state index in [1.54, 1.807) is 0 Å². The van der Waals surface area contributed by atoms with Gasteiger partial charge in [0.1, 0.15) is 23.5 Å². The first kappa shape index (κ1) is 28.4. The molecule has 1 aromatic heterocycles. The lowest BCUT2D eigenvalue weighted by atomic mass is 9.77. The van der Waals surface area contributed by atoms with Crippen LogP contribution in [0.25, 0.3) is 11.3 Å². The number of hydrogen-bond acceptors (Lipinski definition) is 8. The van der Waals surface area contributed by atoms with E-state index in [0.29, 0.717) is 5.71 Å². The van der Waals surface area contributed by atoms with Crippen LogP contribution in [0.3, 0.4) is 0 Å². The van der Waals surface area contributed by atoms with Crippen molar-refractivity contribution in [2.24, 2.45) is 11.1 Å². The number of carboxylic acid groups (broad SMARTS) is 1. The minimum Gasteiger partial charge on any atom is -0.481 e. The predicted molar refractivity (Wildman–Crippen MR) is 131 cm³/mol. The number of rotatable bonds is 7. The van der Waals surface area contributed by atoms with E-state index in [1.807, 2.05) is 0 Å². The summed E-state index contributed by atoms with van der Waals surface area (Å²) in [6, 6.07) is 1.65.